The van der Waals surface area contributed by atoms with Gasteiger partial charge < -0.3 is 10.5 Å². The quantitative estimate of drug-likeness (QED) is 0.783. The lowest BCUT2D eigenvalue weighted by Crippen LogP contribution is -2.21. The largest absolute Gasteiger partial charge is 0.493 e. The molecule has 1 unspecified atom stereocenters. The molecule has 1 fully saturated rings. The number of benzene rings is 1. The van der Waals surface area contributed by atoms with Crippen LogP contribution in [0.15, 0.2) is 18.2 Å². The molecule has 1 saturated carbocycles. The van der Waals surface area contributed by atoms with E-state index in [2.05, 4.69) is 32.0 Å². The molecule has 0 amide bonds. The van der Waals surface area contributed by atoms with Gasteiger partial charge in [0.1, 0.15) is 5.75 Å². The number of hydrogen-bond donors (Lipinski definition) is 1. The molecular formula is C17H28ClNO. The molecule has 0 saturated heterocycles. The molecule has 20 heavy (non-hydrogen) atoms. The smallest absolute Gasteiger partial charge is 0.122 e. The van der Waals surface area contributed by atoms with E-state index in [1.807, 2.05) is 0 Å². The van der Waals surface area contributed by atoms with Crippen LogP contribution >= 0.6 is 12.4 Å². The van der Waals surface area contributed by atoms with Gasteiger partial charge in [0.2, 0.25) is 0 Å². The van der Waals surface area contributed by atoms with Crippen molar-refractivity contribution in [1.82, 2.24) is 0 Å². The van der Waals surface area contributed by atoms with Crippen molar-refractivity contribution in [3.63, 3.8) is 0 Å². The van der Waals surface area contributed by atoms with Crippen LogP contribution in [0.4, 0.5) is 0 Å². The van der Waals surface area contributed by atoms with E-state index < -0.39 is 0 Å². The molecule has 0 aliphatic heterocycles. The molecule has 114 valence electrons. The third kappa shape index (κ3) is 5.34. The zero-order chi connectivity index (χ0) is 13.7. The predicted molar refractivity (Wildman–Crippen MR) is 87.9 cm³/mol. The first-order chi connectivity index (χ1) is 9.22. The Hall–Kier alpha value is -0.730. The minimum atomic E-state index is 0. The van der Waals surface area contributed by atoms with Crippen molar-refractivity contribution in [1.29, 1.82) is 0 Å². The Morgan fingerprint density at radius 3 is 2.65 bits per heavy atom. The highest BCUT2D eigenvalue weighted by molar-refractivity contribution is 5.85. The maximum atomic E-state index is 6.04. The van der Waals surface area contributed by atoms with Crippen molar-refractivity contribution in [3.8, 4) is 5.75 Å². The summed E-state index contributed by atoms with van der Waals surface area (Å²) in [5, 5.41) is 0. The summed E-state index contributed by atoms with van der Waals surface area (Å²) in [5.74, 6) is 1.89. The first-order valence-corrected chi connectivity index (χ1v) is 7.73. The first kappa shape index (κ1) is 17.3. The highest BCUT2D eigenvalue weighted by atomic mass is 35.5. The van der Waals surface area contributed by atoms with Crippen LogP contribution in [0.3, 0.4) is 0 Å². The van der Waals surface area contributed by atoms with Gasteiger partial charge in [0.25, 0.3) is 0 Å². The van der Waals surface area contributed by atoms with Crippen LogP contribution in [0.2, 0.25) is 0 Å². The van der Waals surface area contributed by atoms with E-state index in [1.165, 1.54) is 24.0 Å². The van der Waals surface area contributed by atoms with E-state index >= 15 is 0 Å². The molecule has 1 aliphatic rings. The Balaban J connectivity index is 0.00000200. The maximum Gasteiger partial charge on any atom is 0.122 e. The molecule has 2 rings (SSSR count). The van der Waals surface area contributed by atoms with Crippen LogP contribution in [0.1, 0.15) is 50.7 Å². The minimum absolute atomic E-state index is 0. The number of halogens is 1. The monoisotopic (exact) mass is 297 g/mol. The summed E-state index contributed by atoms with van der Waals surface area (Å²) in [6.45, 7) is 5.25. The van der Waals surface area contributed by atoms with Crippen LogP contribution in [0, 0.1) is 5.92 Å². The molecule has 0 bridgehead atoms. The Kier molecular flexibility index (Phi) is 7.39. The third-order valence-electron chi connectivity index (χ3n) is 3.84. The second-order valence-electron chi connectivity index (χ2n) is 5.82. The Bertz CT molecular complexity index is 404. The average Bonchev–Trinajstić information content (AvgIpc) is 3.22. The number of rotatable bonds is 8. The highest BCUT2D eigenvalue weighted by Crippen LogP contribution is 2.31. The van der Waals surface area contributed by atoms with E-state index in [0.717, 1.165) is 44.0 Å². The maximum absolute atomic E-state index is 6.04. The molecular weight excluding hydrogens is 270 g/mol. The van der Waals surface area contributed by atoms with Gasteiger partial charge in [-0.25, -0.2) is 0 Å². The van der Waals surface area contributed by atoms with Crippen molar-refractivity contribution < 1.29 is 4.74 Å². The normalized spacial score (nSPS) is 15.6. The highest BCUT2D eigenvalue weighted by Gasteiger charge is 2.22. The van der Waals surface area contributed by atoms with Crippen molar-refractivity contribution >= 4 is 12.4 Å². The van der Waals surface area contributed by atoms with Crippen LogP contribution in [0.25, 0.3) is 0 Å². The van der Waals surface area contributed by atoms with Crippen molar-refractivity contribution in [2.75, 3.05) is 6.61 Å². The van der Waals surface area contributed by atoms with Gasteiger partial charge in [0, 0.05) is 6.04 Å². The van der Waals surface area contributed by atoms with E-state index in [9.17, 15) is 0 Å². The van der Waals surface area contributed by atoms with Crippen molar-refractivity contribution in [2.24, 2.45) is 11.7 Å². The van der Waals surface area contributed by atoms with Crippen LogP contribution in [-0.4, -0.2) is 12.6 Å². The fourth-order valence-corrected chi connectivity index (χ4v) is 2.30. The van der Waals surface area contributed by atoms with Gasteiger partial charge in [-0.3, -0.25) is 0 Å². The van der Waals surface area contributed by atoms with Gasteiger partial charge in [-0.15, -0.1) is 12.4 Å². The number of hydrogen-bond acceptors (Lipinski definition) is 2. The standard InChI is InChI=1S/C17H27NO.ClH/c1-3-5-15-10-14(11-16(18)4-2)8-9-17(15)19-12-13-6-7-13;/h8-10,13,16H,3-7,11-12,18H2,1-2H3;1H. The Morgan fingerprint density at radius 2 is 2.05 bits per heavy atom. The number of ether oxygens (including phenoxy) is 1. The topological polar surface area (TPSA) is 35.2 Å². The average molecular weight is 298 g/mol. The molecule has 0 radical (unpaired) electrons. The minimum Gasteiger partial charge on any atom is -0.493 e. The third-order valence-corrected chi connectivity index (χ3v) is 3.84. The molecule has 0 spiro atoms. The molecule has 0 heterocycles. The summed E-state index contributed by atoms with van der Waals surface area (Å²) < 4.78 is 5.97. The first-order valence-electron chi connectivity index (χ1n) is 7.73. The molecule has 2 nitrogen and oxygen atoms in total. The molecule has 1 aromatic carbocycles. The zero-order valence-corrected chi connectivity index (χ0v) is 13.5. The second kappa shape index (κ2) is 8.53. The van der Waals surface area contributed by atoms with Gasteiger partial charge >= 0.3 is 0 Å². The Morgan fingerprint density at radius 1 is 1.30 bits per heavy atom. The summed E-state index contributed by atoms with van der Waals surface area (Å²) in [7, 11) is 0. The molecule has 3 heteroatoms. The molecule has 1 atom stereocenters. The van der Waals surface area contributed by atoms with Gasteiger partial charge in [-0.2, -0.15) is 0 Å². The molecule has 1 aliphatic carbocycles. The van der Waals surface area contributed by atoms with Crippen LogP contribution in [0.5, 0.6) is 5.75 Å². The summed E-state index contributed by atoms with van der Waals surface area (Å²) >= 11 is 0. The van der Waals surface area contributed by atoms with E-state index in [-0.39, 0.29) is 18.4 Å². The van der Waals surface area contributed by atoms with E-state index in [4.69, 9.17) is 10.5 Å². The van der Waals surface area contributed by atoms with E-state index in [0.29, 0.717) is 0 Å². The summed E-state index contributed by atoms with van der Waals surface area (Å²) in [6.07, 6.45) is 6.93. The Labute approximate surface area is 129 Å². The van der Waals surface area contributed by atoms with Gasteiger partial charge in [-0.1, -0.05) is 32.4 Å². The molecule has 0 aromatic heterocycles. The second-order valence-corrected chi connectivity index (χ2v) is 5.82. The number of nitrogens with two attached hydrogens (primary N) is 1. The van der Waals surface area contributed by atoms with Crippen LogP contribution in [-0.2, 0) is 12.8 Å². The van der Waals surface area contributed by atoms with Crippen molar-refractivity contribution in [3.05, 3.63) is 29.3 Å². The lowest BCUT2D eigenvalue weighted by Gasteiger charge is -2.14. The van der Waals surface area contributed by atoms with E-state index in [1.54, 1.807) is 0 Å². The fourth-order valence-electron chi connectivity index (χ4n) is 2.30. The fraction of sp³-hybridized carbons (Fsp3) is 0.647. The predicted octanol–water partition coefficient (Wildman–Crippen LogP) is 4.13. The lowest BCUT2D eigenvalue weighted by molar-refractivity contribution is 0.296. The van der Waals surface area contributed by atoms with Gasteiger partial charge in [0.15, 0.2) is 0 Å². The molecule has 1 aromatic rings. The summed E-state index contributed by atoms with van der Waals surface area (Å²) in [5.41, 5.74) is 8.74. The van der Waals surface area contributed by atoms with Crippen molar-refractivity contribution in [2.45, 2.75) is 58.4 Å². The van der Waals surface area contributed by atoms with Gasteiger partial charge in [-0.05, 0) is 55.2 Å². The summed E-state index contributed by atoms with van der Waals surface area (Å²) in [6, 6.07) is 6.89. The lowest BCUT2D eigenvalue weighted by atomic mass is 10.00. The zero-order valence-electron chi connectivity index (χ0n) is 12.7. The SMILES string of the molecule is CCCc1cc(CC(N)CC)ccc1OCC1CC1.Cl. The van der Waals surface area contributed by atoms with Gasteiger partial charge in [0.05, 0.1) is 6.61 Å². The molecule has 2 N–H and O–H groups in total. The summed E-state index contributed by atoms with van der Waals surface area (Å²) in [4.78, 5) is 0. The number of aryl methyl sites for hydroxylation is 1. The van der Waals surface area contributed by atoms with Crippen LogP contribution < -0.4 is 10.5 Å².